The van der Waals surface area contributed by atoms with Crippen molar-refractivity contribution in [2.45, 2.75) is 38.5 Å². The monoisotopic (exact) mass is 753 g/mol. The molecule has 12 rings (SSSR count). The van der Waals surface area contributed by atoms with Crippen molar-refractivity contribution in [1.82, 2.24) is 0 Å². The Hall–Kier alpha value is -6.96. The highest BCUT2D eigenvalue weighted by Crippen LogP contribution is 2.59. The van der Waals surface area contributed by atoms with Crippen molar-refractivity contribution in [3.63, 3.8) is 0 Å². The summed E-state index contributed by atoms with van der Waals surface area (Å²) in [6.07, 6.45) is 0. The summed E-state index contributed by atoms with van der Waals surface area (Å²) in [5, 5.41) is 2.64. The van der Waals surface area contributed by atoms with Crippen molar-refractivity contribution in [3.05, 3.63) is 210 Å². The maximum atomic E-state index is 2.48. The Bertz CT molecular complexity index is 3180. The Morgan fingerprint density at radius 3 is 1.54 bits per heavy atom. The maximum Gasteiger partial charge on any atom is 0.0465 e. The second-order valence-electron chi connectivity index (χ2n) is 17.7. The van der Waals surface area contributed by atoms with E-state index in [1.165, 1.54) is 99.8 Å². The maximum absolute atomic E-state index is 2.48. The van der Waals surface area contributed by atoms with Crippen LogP contribution in [0, 0.1) is 0 Å². The highest BCUT2D eigenvalue weighted by molar-refractivity contribution is 6.16. The van der Waals surface area contributed by atoms with Gasteiger partial charge in [0.1, 0.15) is 0 Å². The van der Waals surface area contributed by atoms with Gasteiger partial charge in [-0.3, -0.25) is 0 Å². The van der Waals surface area contributed by atoms with Crippen LogP contribution in [-0.4, -0.2) is 0 Å². The molecule has 0 fully saturated rings. The number of hydrogen-bond acceptors (Lipinski definition) is 1. The minimum absolute atomic E-state index is 0.0968. The van der Waals surface area contributed by atoms with E-state index < -0.39 is 0 Å². The van der Waals surface area contributed by atoms with Gasteiger partial charge in [-0.25, -0.2) is 0 Å². The smallest absolute Gasteiger partial charge is 0.0465 e. The lowest BCUT2D eigenvalue weighted by Gasteiger charge is -2.28. The minimum Gasteiger partial charge on any atom is -0.310 e. The molecule has 0 spiro atoms. The predicted molar refractivity (Wildman–Crippen MR) is 249 cm³/mol. The Kier molecular flexibility index (Phi) is 7.10. The van der Waals surface area contributed by atoms with Crippen LogP contribution in [0.2, 0.25) is 0 Å². The van der Waals surface area contributed by atoms with E-state index in [9.17, 15) is 0 Å². The molecule has 1 nitrogen and oxygen atoms in total. The molecule has 0 heterocycles. The van der Waals surface area contributed by atoms with Crippen molar-refractivity contribution in [2.75, 3.05) is 4.90 Å². The van der Waals surface area contributed by atoms with Gasteiger partial charge in [-0.05, 0) is 148 Å². The summed E-state index contributed by atoms with van der Waals surface area (Å²) >= 11 is 0. The average Bonchev–Trinajstić information content (AvgIpc) is 3.60. The summed E-state index contributed by atoms with van der Waals surface area (Å²) in [5.74, 6) is 0. The summed E-state index contributed by atoms with van der Waals surface area (Å²) in [5.41, 5.74) is 24.5. The van der Waals surface area contributed by atoms with Crippen LogP contribution in [0.5, 0.6) is 0 Å². The van der Waals surface area contributed by atoms with E-state index in [-0.39, 0.29) is 10.8 Å². The first kappa shape index (κ1) is 34.1. The molecule has 0 radical (unpaired) electrons. The first-order valence-electron chi connectivity index (χ1n) is 20.9. The summed E-state index contributed by atoms with van der Waals surface area (Å²) in [6, 6.07) is 70.4. The van der Waals surface area contributed by atoms with Crippen LogP contribution in [-0.2, 0) is 10.8 Å². The highest BCUT2D eigenvalue weighted by Gasteiger charge is 2.41. The van der Waals surface area contributed by atoms with Crippen molar-refractivity contribution in [1.29, 1.82) is 0 Å². The van der Waals surface area contributed by atoms with Gasteiger partial charge < -0.3 is 4.90 Å². The van der Waals surface area contributed by atoms with E-state index in [4.69, 9.17) is 0 Å². The van der Waals surface area contributed by atoms with E-state index in [0.29, 0.717) is 0 Å². The summed E-state index contributed by atoms with van der Waals surface area (Å²) in [4.78, 5) is 2.42. The average molecular weight is 754 g/mol. The normalized spacial score (nSPS) is 14.4. The lowest BCUT2D eigenvalue weighted by atomic mass is 9.79. The molecular weight excluding hydrogens is 711 g/mol. The quantitative estimate of drug-likeness (QED) is 0.169. The Labute approximate surface area is 346 Å². The molecule has 0 aliphatic heterocycles. The Balaban J connectivity index is 1.01. The minimum atomic E-state index is -0.130. The molecule has 0 atom stereocenters. The van der Waals surface area contributed by atoms with Crippen LogP contribution in [0.3, 0.4) is 0 Å². The first-order chi connectivity index (χ1) is 28.8. The molecule has 0 bridgehead atoms. The highest BCUT2D eigenvalue weighted by atomic mass is 15.1. The van der Waals surface area contributed by atoms with E-state index in [0.717, 1.165) is 17.1 Å². The number of nitrogens with zero attached hydrogens (tertiary/aromatic N) is 1. The largest absolute Gasteiger partial charge is 0.310 e. The van der Waals surface area contributed by atoms with E-state index in [1.54, 1.807) is 0 Å². The molecule has 0 unspecified atom stereocenters. The van der Waals surface area contributed by atoms with Gasteiger partial charge in [0, 0.05) is 27.9 Å². The summed E-state index contributed by atoms with van der Waals surface area (Å²) in [6.45, 7) is 9.54. The third-order valence-electron chi connectivity index (χ3n) is 13.8. The van der Waals surface area contributed by atoms with Crippen LogP contribution >= 0.6 is 0 Å². The van der Waals surface area contributed by atoms with Crippen molar-refractivity contribution in [2.24, 2.45) is 0 Å². The second-order valence-corrected chi connectivity index (χ2v) is 17.7. The van der Waals surface area contributed by atoms with Crippen molar-refractivity contribution in [3.8, 4) is 66.8 Å². The van der Waals surface area contributed by atoms with Crippen LogP contribution < -0.4 is 4.90 Å². The molecule has 9 aromatic carbocycles. The zero-order valence-electron chi connectivity index (χ0n) is 33.8. The first-order valence-corrected chi connectivity index (χ1v) is 20.9. The molecule has 59 heavy (non-hydrogen) atoms. The molecule has 0 saturated heterocycles. The van der Waals surface area contributed by atoms with Gasteiger partial charge in [-0.1, -0.05) is 167 Å². The SMILES string of the molecule is CC1(C)c2ccccc2-c2ccc(N(c3ccc(-c4ccccc4)cc3)c3ccc(-c4cc5c6c(c4)C(C)(C)c4cccc(c4-6)-c4cccc6cccc-5c46)cc3)cc21. The lowest BCUT2D eigenvalue weighted by Crippen LogP contribution is -2.16. The molecule has 3 aliphatic rings. The number of benzene rings is 9. The van der Waals surface area contributed by atoms with E-state index >= 15 is 0 Å². The fourth-order valence-electron chi connectivity index (χ4n) is 10.8. The number of fused-ring (bicyclic) bond motifs is 5. The number of rotatable bonds is 5. The van der Waals surface area contributed by atoms with Crippen LogP contribution in [0.1, 0.15) is 49.9 Å². The molecule has 0 N–H and O–H groups in total. The standard InChI is InChI=1S/C58H43N/c1-57(2)50-21-9-8-17-44(50)45-32-31-43(35-52(45)57)59(41-27-23-37(24-28-41)36-13-6-5-7-14-36)42-29-25-38(26-30-42)40-33-49-48-19-11-16-39-15-10-18-46(54(39)48)47-20-12-22-51-55(47)56(49)53(34-40)58(51,3)4/h5-35H,1-4H3. The fourth-order valence-corrected chi connectivity index (χ4v) is 10.8. The number of hydrogen-bond donors (Lipinski definition) is 0. The van der Waals surface area contributed by atoms with Crippen molar-refractivity contribution >= 4 is 27.8 Å². The summed E-state index contributed by atoms with van der Waals surface area (Å²) in [7, 11) is 0. The van der Waals surface area contributed by atoms with E-state index in [1.807, 2.05) is 0 Å². The van der Waals surface area contributed by atoms with Crippen LogP contribution in [0.4, 0.5) is 17.1 Å². The zero-order valence-corrected chi connectivity index (χ0v) is 33.8. The topological polar surface area (TPSA) is 3.24 Å². The molecule has 0 saturated carbocycles. The second kappa shape index (κ2) is 12.3. The van der Waals surface area contributed by atoms with Gasteiger partial charge in [0.25, 0.3) is 0 Å². The van der Waals surface area contributed by atoms with Gasteiger partial charge in [0.2, 0.25) is 0 Å². The van der Waals surface area contributed by atoms with Crippen molar-refractivity contribution < 1.29 is 0 Å². The van der Waals surface area contributed by atoms with Gasteiger partial charge in [-0.15, -0.1) is 0 Å². The van der Waals surface area contributed by atoms with Crippen LogP contribution in [0.25, 0.3) is 77.5 Å². The third-order valence-corrected chi connectivity index (χ3v) is 13.8. The summed E-state index contributed by atoms with van der Waals surface area (Å²) < 4.78 is 0. The molecule has 0 amide bonds. The van der Waals surface area contributed by atoms with Crippen LogP contribution in [0.15, 0.2) is 188 Å². The molecule has 0 aromatic heterocycles. The molecule has 9 aromatic rings. The molecular formula is C58H43N. The lowest BCUT2D eigenvalue weighted by molar-refractivity contribution is 0.660. The Morgan fingerprint density at radius 1 is 0.305 bits per heavy atom. The Morgan fingerprint density at radius 2 is 0.814 bits per heavy atom. The third kappa shape index (κ3) is 4.85. The number of anilines is 3. The van der Waals surface area contributed by atoms with Gasteiger partial charge in [-0.2, -0.15) is 0 Å². The van der Waals surface area contributed by atoms with E-state index in [2.05, 4.69) is 221 Å². The van der Waals surface area contributed by atoms with Gasteiger partial charge in [0.05, 0.1) is 0 Å². The fraction of sp³-hybridized carbons (Fsp3) is 0.103. The predicted octanol–water partition coefficient (Wildman–Crippen LogP) is 15.9. The molecule has 280 valence electrons. The molecule has 1 heteroatoms. The zero-order chi connectivity index (χ0) is 39.6. The van der Waals surface area contributed by atoms with Gasteiger partial charge in [0.15, 0.2) is 0 Å². The molecule has 3 aliphatic carbocycles. The van der Waals surface area contributed by atoms with Gasteiger partial charge >= 0.3 is 0 Å².